The number of anilines is 1. The van der Waals surface area contributed by atoms with Crippen molar-refractivity contribution >= 4 is 5.69 Å². The number of benzene rings is 2. The molecule has 1 atom stereocenters. The highest BCUT2D eigenvalue weighted by atomic mass is 14.9. The number of hydrogen-bond acceptors (Lipinski definition) is 1. The summed E-state index contributed by atoms with van der Waals surface area (Å²) in [6, 6.07) is 18.1. The van der Waals surface area contributed by atoms with Gasteiger partial charge in [0.15, 0.2) is 0 Å². The molecule has 0 bridgehead atoms. The lowest BCUT2D eigenvalue weighted by molar-refractivity contribution is 0.643. The van der Waals surface area contributed by atoms with E-state index in [1.165, 1.54) is 48.1 Å². The van der Waals surface area contributed by atoms with Crippen LogP contribution in [0, 0.1) is 0 Å². The first-order chi connectivity index (χ1) is 9.88. The fourth-order valence-electron chi connectivity index (χ4n) is 3.23. The van der Waals surface area contributed by atoms with E-state index in [1.807, 2.05) is 0 Å². The highest BCUT2D eigenvalue weighted by Gasteiger charge is 2.18. The van der Waals surface area contributed by atoms with Crippen LogP contribution in [0.2, 0.25) is 0 Å². The number of fused-ring (bicyclic) bond motifs is 1. The van der Waals surface area contributed by atoms with Gasteiger partial charge in [0.05, 0.1) is 6.04 Å². The molecule has 1 heteroatoms. The zero-order valence-electron chi connectivity index (χ0n) is 12.2. The standard InChI is InChI=1S/C19H23N/c1-2-15-9-4-7-13-18(15)20-19-14-8-5-11-16-10-3-6-12-17(16)19/h3-4,6-7,9-10,12-13,19-20H,2,5,8,11,14H2,1H3. The molecule has 1 aliphatic rings. The molecule has 0 spiro atoms. The van der Waals surface area contributed by atoms with Crippen LogP contribution < -0.4 is 5.32 Å². The van der Waals surface area contributed by atoms with Crippen molar-refractivity contribution in [3.05, 3.63) is 65.2 Å². The van der Waals surface area contributed by atoms with E-state index in [0.29, 0.717) is 6.04 Å². The summed E-state index contributed by atoms with van der Waals surface area (Å²) in [6.07, 6.45) is 6.15. The maximum absolute atomic E-state index is 3.80. The number of nitrogens with one attached hydrogen (secondary N) is 1. The van der Waals surface area contributed by atoms with Crippen molar-refractivity contribution in [2.45, 2.75) is 45.1 Å². The Hall–Kier alpha value is -1.76. The number of para-hydroxylation sites is 1. The number of hydrogen-bond donors (Lipinski definition) is 1. The van der Waals surface area contributed by atoms with E-state index >= 15 is 0 Å². The van der Waals surface area contributed by atoms with Gasteiger partial charge in [-0.1, -0.05) is 55.8 Å². The zero-order chi connectivity index (χ0) is 13.8. The molecule has 0 aliphatic heterocycles. The van der Waals surface area contributed by atoms with E-state index in [2.05, 4.69) is 60.8 Å². The minimum Gasteiger partial charge on any atom is -0.378 e. The second-order valence-electron chi connectivity index (χ2n) is 5.65. The predicted octanol–water partition coefficient (Wildman–Crippen LogP) is 5.13. The molecule has 1 N–H and O–H groups in total. The van der Waals surface area contributed by atoms with Crippen molar-refractivity contribution in [2.75, 3.05) is 5.32 Å². The van der Waals surface area contributed by atoms with Crippen molar-refractivity contribution in [2.24, 2.45) is 0 Å². The van der Waals surface area contributed by atoms with Crippen LogP contribution in [0.4, 0.5) is 5.69 Å². The Morgan fingerprint density at radius 2 is 1.80 bits per heavy atom. The molecule has 0 radical (unpaired) electrons. The second-order valence-corrected chi connectivity index (χ2v) is 5.65. The summed E-state index contributed by atoms with van der Waals surface area (Å²) in [4.78, 5) is 0. The SMILES string of the molecule is CCc1ccccc1NC1CCCCc2ccccc21. The van der Waals surface area contributed by atoms with Crippen LogP contribution in [0.15, 0.2) is 48.5 Å². The van der Waals surface area contributed by atoms with Crippen molar-refractivity contribution in [1.29, 1.82) is 0 Å². The third-order valence-corrected chi connectivity index (χ3v) is 4.35. The lowest BCUT2D eigenvalue weighted by atomic mass is 9.98. The molecule has 0 aromatic heterocycles. The Morgan fingerprint density at radius 1 is 1.00 bits per heavy atom. The lowest BCUT2D eigenvalue weighted by Crippen LogP contribution is -2.12. The smallest absolute Gasteiger partial charge is 0.0516 e. The van der Waals surface area contributed by atoms with Gasteiger partial charge in [0, 0.05) is 5.69 Å². The molecule has 1 unspecified atom stereocenters. The van der Waals surface area contributed by atoms with Crippen molar-refractivity contribution < 1.29 is 0 Å². The number of rotatable bonds is 3. The van der Waals surface area contributed by atoms with E-state index in [1.54, 1.807) is 0 Å². The minimum absolute atomic E-state index is 0.460. The Kier molecular flexibility index (Phi) is 4.05. The highest BCUT2D eigenvalue weighted by Crippen LogP contribution is 2.32. The summed E-state index contributed by atoms with van der Waals surface area (Å²) < 4.78 is 0. The van der Waals surface area contributed by atoms with Crippen molar-refractivity contribution in [3.8, 4) is 0 Å². The summed E-state index contributed by atoms with van der Waals surface area (Å²) >= 11 is 0. The molecule has 0 fully saturated rings. The van der Waals surface area contributed by atoms with Gasteiger partial charge in [-0.3, -0.25) is 0 Å². The van der Waals surface area contributed by atoms with Crippen LogP contribution in [-0.4, -0.2) is 0 Å². The van der Waals surface area contributed by atoms with Gasteiger partial charge in [-0.05, 0) is 48.4 Å². The summed E-state index contributed by atoms with van der Waals surface area (Å²) in [6.45, 7) is 2.22. The third kappa shape index (κ3) is 2.72. The van der Waals surface area contributed by atoms with Crippen LogP contribution in [0.5, 0.6) is 0 Å². The second kappa shape index (κ2) is 6.13. The predicted molar refractivity (Wildman–Crippen MR) is 86.2 cm³/mol. The average Bonchev–Trinajstić information content (AvgIpc) is 2.71. The molecule has 3 rings (SSSR count). The topological polar surface area (TPSA) is 12.0 Å². The Balaban J connectivity index is 1.90. The van der Waals surface area contributed by atoms with Gasteiger partial charge >= 0.3 is 0 Å². The monoisotopic (exact) mass is 265 g/mol. The van der Waals surface area contributed by atoms with E-state index < -0.39 is 0 Å². The van der Waals surface area contributed by atoms with E-state index in [0.717, 1.165) is 6.42 Å². The Bertz CT molecular complexity index is 573. The summed E-state index contributed by atoms with van der Waals surface area (Å²) in [5, 5.41) is 3.80. The summed E-state index contributed by atoms with van der Waals surface area (Å²) in [7, 11) is 0. The molecule has 20 heavy (non-hydrogen) atoms. The molecule has 2 aromatic carbocycles. The molecule has 1 aliphatic carbocycles. The zero-order valence-corrected chi connectivity index (χ0v) is 12.2. The first-order valence-electron chi connectivity index (χ1n) is 7.80. The highest BCUT2D eigenvalue weighted by molar-refractivity contribution is 5.53. The fraction of sp³-hybridized carbons (Fsp3) is 0.368. The Labute approximate surface area is 122 Å². The van der Waals surface area contributed by atoms with Gasteiger partial charge in [-0.25, -0.2) is 0 Å². The quantitative estimate of drug-likeness (QED) is 0.759. The van der Waals surface area contributed by atoms with Crippen molar-refractivity contribution in [1.82, 2.24) is 0 Å². The average molecular weight is 265 g/mol. The molecule has 2 aromatic rings. The Morgan fingerprint density at radius 3 is 2.70 bits per heavy atom. The van der Waals surface area contributed by atoms with Gasteiger partial charge in [-0.15, -0.1) is 0 Å². The van der Waals surface area contributed by atoms with Gasteiger partial charge in [-0.2, -0.15) is 0 Å². The van der Waals surface area contributed by atoms with Crippen molar-refractivity contribution in [3.63, 3.8) is 0 Å². The van der Waals surface area contributed by atoms with Gasteiger partial charge < -0.3 is 5.32 Å². The van der Waals surface area contributed by atoms with E-state index in [4.69, 9.17) is 0 Å². The first kappa shape index (κ1) is 13.2. The van der Waals surface area contributed by atoms with Crippen LogP contribution in [0.1, 0.15) is 48.9 Å². The first-order valence-corrected chi connectivity index (χ1v) is 7.80. The van der Waals surface area contributed by atoms with Crippen LogP contribution in [0.25, 0.3) is 0 Å². The minimum atomic E-state index is 0.460. The van der Waals surface area contributed by atoms with Gasteiger partial charge in [0.25, 0.3) is 0 Å². The maximum Gasteiger partial charge on any atom is 0.0516 e. The largest absolute Gasteiger partial charge is 0.378 e. The molecular weight excluding hydrogens is 242 g/mol. The fourth-order valence-corrected chi connectivity index (χ4v) is 3.23. The lowest BCUT2D eigenvalue weighted by Gasteiger charge is -2.22. The third-order valence-electron chi connectivity index (χ3n) is 4.35. The summed E-state index contributed by atoms with van der Waals surface area (Å²) in [5.41, 5.74) is 5.73. The molecule has 0 saturated carbocycles. The maximum atomic E-state index is 3.80. The van der Waals surface area contributed by atoms with E-state index in [-0.39, 0.29) is 0 Å². The van der Waals surface area contributed by atoms with Crippen LogP contribution in [0.3, 0.4) is 0 Å². The molecule has 0 saturated heterocycles. The molecule has 1 nitrogen and oxygen atoms in total. The molecular formula is C19H23N. The normalized spacial score (nSPS) is 18.1. The molecule has 0 heterocycles. The number of aryl methyl sites for hydroxylation is 2. The molecule has 0 amide bonds. The van der Waals surface area contributed by atoms with E-state index in [9.17, 15) is 0 Å². The summed E-state index contributed by atoms with van der Waals surface area (Å²) in [5.74, 6) is 0. The van der Waals surface area contributed by atoms with Crippen LogP contribution in [-0.2, 0) is 12.8 Å². The van der Waals surface area contributed by atoms with Gasteiger partial charge in [0.2, 0.25) is 0 Å². The molecule has 104 valence electrons. The van der Waals surface area contributed by atoms with Gasteiger partial charge in [0.1, 0.15) is 0 Å². The van der Waals surface area contributed by atoms with Crippen LogP contribution >= 0.6 is 0 Å².